The number of hydrogen-bond acceptors (Lipinski definition) is 6. The number of nitrogens with zero attached hydrogens (tertiary/aromatic N) is 1. The van der Waals surface area contributed by atoms with Crippen molar-refractivity contribution in [1.82, 2.24) is 0 Å². The Morgan fingerprint density at radius 1 is 1.50 bits per heavy atom. The van der Waals surface area contributed by atoms with Gasteiger partial charge in [-0.05, 0) is 19.2 Å². The lowest BCUT2D eigenvalue weighted by Gasteiger charge is -2.01. The maximum atomic E-state index is 11.3. The Morgan fingerprint density at radius 2 is 2.12 bits per heavy atom. The second kappa shape index (κ2) is 7.00. The topological polar surface area (TPSA) is 98.8 Å². The first kappa shape index (κ1) is 14.6. The molecular formula is C9H16N2O4S. The molecule has 0 unspecified atom stereocenters. The fourth-order valence-electron chi connectivity index (χ4n) is 0.813. The van der Waals surface area contributed by atoms with Gasteiger partial charge < -0.3 is 10.5 Å². The Kier molecular flexibility index (Phi) is 6.40. The Balaban J connectivity index is 4.53. The van der Waals surface area contributed by atoms with Crippen molar-refractivity contribution in [3.63, 3.8) is 0 Å². The molecule has 0 rings (SSSR count). The van der Waals surface area contributed by atoms with Crippen LogP contribution in [0, 0.1) is 0 Å². The van der Waals surface area contributed by atoms with E-state index < -0.39 is 15.8 Å². The van der Waals surface area contributed by atoms with Gasteiger partial charge in [-0.1, -0.05) is 0 Å². The van der Waals surface area contributed by atoms with Crippen LogP contribution in [0.1, 0.15) is 6.92 Å². The average molecular weight is 248 g/mol. The molecule has 0 aromatic heterocycles. The highest BCUT2D eigenvalue weighted by Crippen LogP contribution is 1.90. The highest BCUT2D eigenvalue weighted by molar-refractivity contribution is 7.90. The van der Waals surface area contributed by atoms with Crippen LogP contribution in [-0.4, -0.2) is 45.3 Å². The summed E-state index contributed by atoms with van der Waals surface area (Å²) >= 11 is 0. The molecule has 6 nitrogen and oxygen atoms in total. The third kappa shape index (κ3) is 6.99. The monoisotopic (exact) mass is 248 g/mol. The molecule has 0 saturated carbocycles. The van der Waals surface area contributed by atoms with Crippen LogP contribution in [0.2, 0.25) is 0 Å². The first-order valence-electron chi connectivity index (χ1n) is 4.68. The van der Waals surface area contributed by atoms with Crippen molar-refractivity contribution in [1.29, 1.82) is 0 Å². The van der Waals surface area contributed by atoms with Crippen molar-refractivity contribution in [2.24, 2.45) is 10.7 Å². The molecule has 0 spiro atoms. The predicted molar refractivity (Wildman–Crippen MR) is 62.0 cm³/mol. The molecule has 0 aliphatic rings. The number of rotatable bonds is 6. The Bertz CT molecular complexity index is 384. The fourth-order valence-corrected chi connectivity index (χ4v) is 1.24. The van der Waals surface area contributed by atoms with Crippen molar-refractivity contribution >= 4 is 21.5 Å². The molecule has 0 heterocycles. The molecule has 16 heavy (non-hydrogen) atoms. The van der Waals surface area contributed by atoms with Crippen LogP contribution in [0.3, 0.4) is 0 Å². The van der Waals surface area contributed by atoms with E-state index in [1.165, 1.54) is 6.08 Å². The maximum Gasteiger partial charge on any atom is 0.356 e. The van der Waals surface area contributed by atoms with Gasteiger partial charge in [0.2, 0.25) is 0 Å². The maximum absolute atomic E-state index is 11.3. The zero-order chi connectivity index (χ0) is 12.6. The summed E-state index contributed by atoms with van der Waals surface area (Å²) in [5, 5.41) is 0. The number of aliphatic imine (C=N–C) groups is 1. The molecule has 0 bridgehead atoms. The molecule has 0 saturated heterocycles. The molecule has 0 fully saturated rings. The van der Waals surface area contributed by atoms with Crippen molar-refractivity contribution in [2.75, 3.05) is 25.2 Å². The first-order valence-corrected chi connectivity index (χ1v) is 6.74. The van der Waals surface area contributed by atoms with Gasteiger partial charge in [-0.15, -0.1) is 0 Å². The van der Waals surface area contributed by atoms with Crippen LogP contribution in [0.5, 0.6) is 0 Å². The standard InChI is InChI=1S/C9H16N2O4S/c1-3-15-9(12)8(4-5-10)11-6-7-16(2,13)14/h4-5H,3,6-7,10H2,1-2H3. The molecule has 7 heteroatoms. The van der Waals surface area contributed by atoms with Crippen LogP contribution < -0.4 is 5.73 Å². The third-order valence-corrected chi connectivity index (χ3v) is 2.41. The minimum absolute atomic E-state index is 0.0112. The zero-order valence-corrected chi connectivity index (χ0v) is 10.2. The summed E-state index contributed by atoms with van der Waals surface area (Å²) in [6.07, 6.45) is 3.53. The van der Waals surface area contributed by atoms with Crippen LogP contribution in [0.25, 0.3) is 0 Å². The molecule has 0 aromatic rings. The van der Waals surface area contributed by atoms with E-state index in [2.05, 4.69) is 4.99 Å². The molecule has 0 radical (unpaired) electrons. The van der Waals surface area contributed by atoms with Gasteiger partial charge in [-0.3, -0.25) is 4.99 Å². The van der Waals surface area contributed by atoms with Crippen LogP contribution in [0.15, 0.2) is 17.3 Å². The Morgan fingerprint density at radius 3 is 2.56 bits per heavy atom. The fraction of sp³-hybridized carbons (Fsp3) is 0.556. The number of carbonyl (C=O) groups excluding carboxylic acids is 1. The van der Waals surface area contributed by atoms with Gasteiger partial charge in [-0.25, -0.2) is 13.2 Å². The molecule has 0 atom stereocenters. The van der Waals surface area contributed by atoms with E-state index in [0.717, 1.165) is 12.5 Å². The van der Waals surface area contributed by atoms with Crippen molar-refractivity contribution in [3.05, 3.63) is 12.3 Å². The normalized spacial score (nSPS) is 13.0. The highest BCUT2D eigenvalue weighted by Gasteiger charge is 2.09. The largest absolute Gasteiger partial charge is 0.461 e. The SMILES string of the molecule is CCOC(=O)C(C=CN)=NCCS(C)(=O)=O. The molecule has 0 aromatic carbocycles. The number of nitrogens with two attached hydrogens (primary N) is 1. The van der Waals surface area contributed by atoms with E-state index in [1.807, 2.05) is 0 Å². The average Bonchev–Trinajstić information content (AvgIpc) is 2.15. The summed E-state index contributed by atoms with van der Waals surface area (Å²) in [4.78, 5) is 15.1. The number of sulfone groups is 1. The van der Waals surface area contributed by atoms with E-state index in [9.17, 15) is 13.2 Å². The summed E-state index contributed by atoms with van der Waals surface area (Å²) in [5.74, 6) is -0.730. The summed E-state index contributed by atoms with van der Waals surface area (Å²) in [6, 6.07) is 0. The number of hydrogen-bond donors (Lipinski definition) is 1. The summed E-state index contributed by atoms with van der Waals surface area (Å²) in [7, 11) is -3.09. The Labute approximate surface area is 95.1 Å². The summed E-state index contributed by atoms with van der Waals surface area (Å²) < 4.78 is 26.4. The Hall–Kier alpha value is -1.37. The zero-order valence-electron chi connectivity index (χ0n) is 9.34. The minimum Gasteiger partial charge on any atom is -0.461 e. The van der Waals surface area contributed by atoms with E-state index in [0.29, 0.717) is 0 Å². The second-order valence-corrected chi connectivity index (χ2v) is 5.24. The van der Waals surface area contributed by atoms with E-state index >= 15 is 0 Å². The molecule has 92 valence electrons. The van der Waals surface area contributed by atoms with E-state index in [1.54, 1.807) is 6.92 Å². The van der Waals surface area contributed by atoms with Gasteiger partial charge in [-0.2, -0.15) is 0 Å². The molecule has 2 N–H and O–H groups in total. The molecule has 0 amide bonds. The highest BCUT2D eigenvalue weighted by atomic mass is 32.2. The molecular weight excluding hydrogens is 232 g/mol. The quantitative estimate of drug-likeness (QED) is 0.505. The van der Waals surface area contributed by atoms with Gasteiger partial charge in [0.1, 0.15) is 15.5 Å². The van der Waals surface area contributed by atoms with Gasteiger partial charge in [0.05, 0.1) is 18.9 Å². The lowest BCUT2D eigenvalue weighted by molar-refractivity contribution is -0.134. The smallest absolute Gasteiger partial charge is 0.356 e. The lowest BCUT2D eigenvalue weighted by atomic mass is 10.3. The summed E-state index contributed by atoms with van der Waals surface area (Å²) in [5.41, 5.74) is 5.15. The summed E-state index contributed by atoms with van der Waals surface area (Å²) in [6.45, 7) is 1.90. The number of ether oxygens (including phenoxy) is 1. The lowest BCUT2D eigenvalue weighted by Crippen LogP contribution is -2.17. The van der Waals surface area contributed by atoms with Crippen molar-refractivity contribution < 1.29 is 17.9 Å². The van der Waals surface area contributed by atoms with E-state index in [4.69, 9.17) is 10.5 Å². The van der Waals surface area contributed by atoms with Crippen LogP contribution in [-0.2, 0) is 19.4 Å². The molecule has 0 aliphatic heterocycles. The van der Waals surface area contributed by atoms with Crippen molar-refractivity contribution in [3.8, 4) is 0 Å². The molecule has 0 aliphatic carbocycles. The minimum atomic E-state index is -3.09. The van der Waals surface area contributed by atoms with Crippen LogP contribution in [0.4, 0.5) is 0 Å². The van der Waals surface area contributed by atoms with Crippen LogP contribution >= 0.6 is 0 Å². The van der Waals surface area contributed by atoms with Gasteiger partial charge in [0.15, 0.2) is 0 Å². The number of esters is 1. The van der Waals surface area contributed by atoms with E-state index in [-0.39, 0.29) is 24.6 Å². The first-order chi connectivity index (χ1) is 7.40. The second-order valence-electron chi connectivity index (χ2n) is 2.98. The van der Waals surface area contributed by atoms with Gasteiger partial charge in [0.25, 0.3) is 0 Å². The predicted octanol–water partition coefficient (Wildman–Crippen LogP) is -0.492. The van der Waals surface area contributed by atoms with Crippen molar-refractivity contribution in [2.45, 2.75) is 6.92 Å². The third-order valence-electron chi connectivity index (χ3n) is 1.48. The van der Waals surface area contributed by atoms with Gasteiger partial charge in [0, 0.05) is 6.26 Å². The van der Waals surface area contributed by atoms with Gasteiger partial charge >= 0.3 is 5.97 Å². The number of carbonyl (C=O) groups is 1.